The number of hydrogen-bond donors (Lipinski definition) is 1. The summed E-state index contributed by atoms with van der Waals surface area (Å²) >= 11 is 5.54. The third-order valence-corrected chi connectivity index (χ3v) is 2.64. The summed E-state index contributed by atoms with van der Waals surface area (Å²) in [5, 5.41) is 2.35. The molecule has 0 atom stereocenters. The topological polar surface area (TPSA) is 38.3 Å². The van der Waals surface area contributed by atoms with E-state index in [1.165, 1.54) is 12.1 Å². The lowest BCUT2D eigenvalue weighted by Gasteiger charge is -2.07. The highest BCUT2D eigenvalue weighted by atomic mass is 35.5. The molecule has 1 N–H and O–H groups in total. The quantitative estimate of drug-likeness (QED) is 0.598. The minimum Gasteiger partial charge on any atom is -0.449 e. The van der Waals surface area contributed by atoms with Gasteiger partial charge >= 0.3 is 6.09 Å². The van der Waals surface area contributed by atoms with Crippen molar-refractivity contribution in [1.82, 2.24) is 0 Å². The lowest BCUT2D eigenvalue weighted by Crippen LogP contribution is -2.15. The summed E-state index contributed by atoms with van der Waals surface area (Å²) in [5.74, 6) is 0.186. The monoisotopic (exact) mass is 273 g/mol. The second-order valence-corrected chi connectivity index (χ2v) is 4.22. The first-order valence-electron chi connectivity index (χ1n) is 5.98. The predicted octanol–water partition coefficient (Wildman–Crippen LogP) is 4.17. The summed E-state index contributed by atoms with van der Waals surface area (Å²) in [6.07, 6.45) is 3.14. The van der Waals surface area contributed by atoms with E-state index in [1.807, 2.05) is 0 Å². The van der Waals surface area contributed by atoms with Gasteiger partial charge in [0.2, 0.25) is 0 Å². The number of carbonyl (C=O) groups excluding carboxylic acids is 1. The summed E-state index contributed by atoms with van der Waals surface area (Å²) in [6, 6.07) is 5.96. The number of para-hydroxylation sites is 1. The molecule has 0 aliphatic rings. The number of rotatable bonds is 7. The third-order valence-electron chi connectivity index (χ3n) is 2.37. The average molecular weight is 274 g/mol. The van der Waals surface area contributed by atoms with Gasteiger partial charge in [-0.25, -0.2) is 9.18 Å². The molecule has 0 aromatic heterocycles. The summed E-state index contributed by atoms with van der Waals surface area (Å²) in [7, 11) is 0. The largest absolute Gasteiger partial charge is 0.449 e. The van der Waals surface area contributed by atoms with Gasteiger partial charge in [-0.05, 0) is 25.0 Å². The van der Waals surface area contributed by atoms with Crippen LogP contribution in [-0.2, 0) is 4.74 Å². The fraction of sp³-hybridized carbons (Fsp3) is 0.462. The van der Waals surface area contributed by atoms with Crippen LogP contribution in [0.5, 0.6) is 0 Å². The van der Waals surface area contributed by atoms with Crippen molar-refractivity contribution in [3.63, 3.8) is 0 Å². The fourth-order valence-corrected chi connectivity index (χ4v) is 1.61. The van der Waals surface area contributed by atoms with E-state index in [9.17, 15) is 9.18 Å². The zero-order valence-corrected chi connectivity index (χ0v) is 10.9. The van der Waals surface area contributed by atoms with Gasteiger partial charge in [-0.2, -0.15) is 0 Å². The molecule has 18 heavy (non-hydrogen) atoms. The molecular formula is C13H17ClFNO2. The molecule has 1 aromatic rings. The van der Waals surface area contributed by atoms with Gasteiger partial charge in [-0.15, -0.1) is 11.6 Å². The highest BCUT2D eigenvalue weighted by molar-refractivity contribution is 6.17. The second kappa shape index (κ2) is 8.75. The molecule has 0 unspecified atom stereocenters. The van der Waals surface area contributed by atoms with E-state index in [0.29, 0.717) is 12.5 Å². The van der Waals surface area contributed by atoms with E-state index in [1.54, 1.807) is 12.1 Å². The number of hydrogen-bond acceptors (Lipinski definition) is 2. The molecule has 0 aliphatic carbocycles. The Hall–Kier alpha value is -1.29. The number of benzene rings is 1. The first-order chi connectivity index (χ1) is 8.74. The molecule has 0 spiro atoms. The maximum atomic E-state index is 13.2. The van der Waals surface area contributed by atoms with Crippen LogP contribution in [0, 0.1) is 5.82 Å². The predicted molar refractivity (Wildman–Crippen MR) is 70.6 cm³/mol. The lowest BCUT2D eigenvalue weighted by atomic mass is 10.2. The second-order valence-electron chi connectivity index (χ2n) is 3.84. The standard InChI is InChI=1S/C13H17ClFNO2/c14-9-5-1-2-6-10-18-13(17)16-12-8-4-3-7-11(12)15/h3-4,7-8H,1-2,5-6,9-10H2,(H,16,17). The maximum absolute atomic E-state index is 13.2. The fourth-order valence-electron chi connectivity index (χ4n) is 1.42. The molecule has 3 nitrogen and oxygen atoms in total. The minimum atomic E-state index is -0.627. The molecule has 0 saturated carbocycles. The van der Waals surface area contributed by atoms with E-state index in [2.05, 4.69) is 5.32 Å². The number of anilines is 1. The highest BCUT2D eigenvalue weighted by Gasteiger charge is 2.06. The molecule has 1 amide bonds. The van der Waals surface area contributed by atoms with Gasteiger partial charge in [0.1, 0.15) is 5.82 Å². The zero-order valence-electron chi connectivity index (χ0n) is 10.1. The molecule has 0 radical (unpaired) electrons. The molecular weight excluding hydrogens is 257 g/mol. The average Bonchev–Trinajstić information content (AvgIpc) is 2.36. The number of alkyl halides is 1. The van der Waals surface area contributed by atoms with Crippen molar-refractivity contribution in [3.8, 4) is 0 Å². The number of amides is 1. The van der Waals surface area contributed by atoms with E-state index < -0.39 is 11.9 Å². The van der Waals surface area contributed by atoms with Crippen LogP contribution in [0.25, 0.3) is 0 Å². The number of carbonyl (C=O) groups is 1. The van der Waals surface area contributed by atoms with Crippen LogP contribution in [0.1, 0.15) is 25.7 Å². The molecule has 0 bridgehead atoms. The van der Waals surface area contributed by atoms with Crippen molar-refractivity contribution in [3.05, 3.63) is 30.1 Å². The van der Waals surface area contributed by atoms with Gasteiger partial charge < -0.3 is 4.74 Å². The van der Waals surface area contributed by atoms with Crippen LogP contribution >= 0.6 is 11.6 Å². The SMILES string of the molecule is O=C(Nc1ccccc1F)OCCCCCCCl. The van der Waals surface area contributed by atoms with Crippen molar-refractivity contribution in [2.24, 2.45) is 0 Å². The minimum absolute atomic E-state index is 0.129. The number of nitrogens with one attached hydrogen (secondary N) is 1. The normalized spacial score (nSPS) is 10.1. The van der Waals surface area contributed by atoms with E-state index in [0.717, 1.165) is 25.7 Å². The van der Waals surface area contributed by atoms with E-state index >= 15 is 0 Å². The number of unbranched alkanes of at least 4 members (excludes halogenated alkanes) is 3. The van der Waals surface area contributed by atoms with Crippen LogP contribution in [0.4, 0.5) is 14.9 Å². The van der Waals surface area contributed by atoms with Crippen LogP contribution in [0.2, 0.25) is 0 Å². The van der Waals surface area contributed by atoms with Crippen molar-refractivity contribution in [1.29, 1.82) is 0 Å². The Labute approximate surface area is 111 Å². The maximum Gasteiger partial charge on any atom is 0.411 e. The van der Waals surface area contributed by atoms with Crippen molar-refractivity contribution < 1.29 is 13.9 Å². The molecule has 5 heteroatoms. The van der Waals surface area contributed by atoms with Crippen molar-refractivity contribution in [2.45, 2.75) is 25.7 Å². The van der Waals surface area contributed by atoms with Crippen LogP contribution < -0.4 is 5.32 Å². The van der Waals surface area contributed by atoms with Crippen LogP contribution in [0.3, 0.4) is 0 Å². The van der Waals surface area contributed by atoms with Gasteiger partial charge in [0.25, 0.3) is 0 Å². The lowest BCUT2D eigenvalue weighted by molar-refractivity contribution is 0.159. The summed E-state index contributed by atoms with van der Waals surface area (Å²) in [4.78, 5) is 11.3. The van der Waals surface area contributed by atoms with Crippen LogP contribution in [-0.4, -0.2) is 18.6 Å². The molecule has 0 saturated heterocycles. The Morgan fingerprint density at radius 2 is 1.94 bits per heavy atom. The molecule has 0 fully saturated rings. The van der Waals surface area contributed by atoms with Gasteiger partial charge in [-0.1, -0.05) is 25.0 Å². The zero-order chi connectivity index (χ0) is 13.2. The Bertz CT molecular complexity index is 374. The molecule has 1 aromatic carbocycles. The van der Waals surface area contributed by atoms with Gasteiger partial charge in [-0.3, -0.25) is 5.32 Å². The molecule has 100 valence electrons. The Morgan fingerprint density at radius 1 is 1.22 bits per heavy atom. The van der Waals surface area contributed by atoms with Crippen molar-refractivity contribution >= 4 is 23.4 Å². The Kier molecular flexibility index (Phi) is 7.18. The molecule has 1 rings (SSSR count). The highest BCUT2D eigenvalue weighted by Crippen LogP contribution is 2.12. The van der Waals surface area contributed by atoms with Crippen LogP contribution in [0.15, 0.2) is 24.3 Å². The smallest absolute Gasteiger partial charge is 0.411 e. The summed E-state index contributed by atoms with van der Waals surface area (Å²) < 4.78 is 18.1. The first-order valence-corrected chi connectivity index (χ1v) is 6.52. The number of ether oxygens (including phenoxy) is 1. The summed E-state index contributed by atoms with van der Waals surface area (Å²) in [6.45, 7) is 0.336. The van der Waals surface area contributed by atoms with Crippen molar-refractivity contribution in [2.75, 3.05) is 17.8 Å². The first kappa shape index (κ1) is 14.8. The Balaban J connectivity index is 2.16. The van der Waals surface area contributed by atoms with E-state index in [-0.39, 0.29) is 5.69 Å². The molecule has 0 heterocycles. The Morgan fingerprint density at radius 3 is 2.67 bits per heavy atom. The molecule has 0 aliphatic heterocycles. The summed E-state index contributed by atoms with van der Waals surface area (Å²) in [5.41, 5.74) is 0.129. The van der Waals surface area contributed by atoms with Gasteiger partial charge in [0.15, 0.2) is 0 Å². The van der Waals surface area contributed by atoms with Gasteiger partial charge in [0.05, 0.1) is 12.3 Å². The number of halogens is 2. The van der Waals surface area contributed by atoms with E-state index in [4.69, 9.17) is 16.3 Å². The van der Waals surface area contributed by atoms with Gasteiger partial charge in [0, 0.05) is 5.88 Å². The third kappa shape index (κ3) is 5.87.